The molecule has 256 valence electrons. The van der Waals surface area contributed by atoms with Gasteiger partial charge in [-0.2, -0.15) is 22.6 Å². The van der Waals surface area contributed by atoms with Gasteiger partial charge >= 0.3 is 6.18 Å². The number of aromatic nitrogens is 2. The summed E-state index contributed by atoms with van der Waals surface area (Å²) in [5.74, 6) is 0.580. The lowest BCUT2D eigenvalue weighted by Crippen LogP contribution is -2.44. The van der Waals surface area contributed by atoms with E-state index in [0.29, 0.717) is 42.6 Å². The fourth-order valence-electron chi connectivity index (χ4n) is 7.72. The van der Waals surface area contributed by atoms with Gasteiger partial charge in [-0.15, -0.1) is 11.8 Å². The van der Waals surface area contributed by atoms with Crippen molar-refractivity contribution in [3.63, 3.8) is 0 Å². The van der Waals surface area contributed by atoms with Gasteiger partial charge in [0.1, 0.15) is 0 Å². The maximum atomic E-state index is 14.1. The number of aryl methyl sites for hydroxylation is 1. The van der Waals surface area contributed by atoms with Crippen LogP contribution < -0.4 is 0 Å². The molecule has 4 aliphatic rings. The van der Waals surface area contributed by atoms with Crippen LogP contribution in [0.25, 0.3) is 11.3 Å². The second-order valence-corrected chi connectivity index (χ2v) is 16.6. The predicted molar refractivity (Wildman–Crippen MR) is 178 cm³/mol. The van der Waals surface area contributed by atoms with Gasteiger partial charge in [-0.1, -0.05) is 12.5 Å². The van der Waals surface area contributed by atoms with Gasteiger partial charge in [0.05, 0.1) is 17.5 Å². The van der Waals surface area contributed by atoms with E-state index in [4.69, 9.17) is 5.10 Å². The zero-order chi connectivity index (χ0) is 32.3. The summed E-state index contributed by atoms with van der Waals surface area (Å²) in [7, 11) is -3.43. The third-order valence-corrected chi connectivity index (χ3v) is 12.6. The van der Waals surface area contributed by atoms with Crippen LogP contribution in [0, 0.1) is 0 Å². The summed E-state index contributed by atoms with van der Waals surface area (Å²) in [5.41, 5.74) is 2.40. The summed E-state index contributed by atoms with van der Waals surface area (Å²) in [6.45, 7) is 9.71. The number of piperidine rings is 2. The third kappa shape index (κ3) is 8.31. The molecule has 0 aliphatic carbocycles. The fraction of sp³-hybridized carbons (Fsp3) is 0.727. The van der Waals surface area contributed by atoms with Crippen molar-refractivity contribution < 1.29 is 21.6 Å². The Bertz CT molecular complexity index is 1430. The minimum Gasteiger partial charge on any atom is -0.303 e. The van der Waals surface area contributed by atoms with Crippen LogP contribution in [0.15, 0.2) is 23.1 Å². The van der Waals surface area contributed by atoms with Gasteiger partial charge in [-0.05, 0) is 103 Å². The van der Waals surface area contributed by atoms with Gasteiger partial charge < -0.3 is 14.7 Å². The molecule has 0 atom stereocenters. The van der Waals surface area contributed by atoms with Crippen molar-refractivity contribution >= 4 is 21.8 Å². The molecule has 0 unspecified atom stereocenters. The molecule has 0 saturated carbocycles. The van der Waals surface area contributed by atoms with Crippen LogP contribution in [0.2, 0.25) is 0 Å². The smallest absolute Gasteiger partial charge is 0.303 e. The largest absolute Gasteiger partial charge is 0.417 e. The molecule has 5 heterocycles. The molecule has 2 aromatic rings. The Kier molecular flexibility index (Phi) is 11.1. The van der Waals surface area contributed by atoms with E-state index in [0.717, 1.165) is 69.8 Å². The summed E-state index contributed by atoms with van der Waals surface area (Å²) in [6.07, 6.45) is 6.79. The molecule has 8 nitrogen and oxygen atoms in total. The number of nitrogens with zero attached hydrogens (tertiary/aromatic N) is 6. The number of sulfonamides is 1. The quantitative estimate of drug-likeness (QED) is 0.294. The fourth-order valence-corrected chi connectivity index (χ4v) is 9.62. The Labute approximate surface area is 276 Å². The van der Waals surface area contributed by atoms with E-state index < -0.39 is 21.8 Å². The van der Waals surface area contributed by atoms with E-state index in [2.05, 4.69) is 14.7 Å². The Hall–Kier alpha value is -1.64. The number of likely N-dealkylation sites (tertiary alicyclic amines) is 3. The van der Waals surface area contributed by atoms with E-state index in [9.17, 15) is 21.6 Å². The zero-order valence-corrected chi connectivity index (χ0v) is 28.7. The van der Waals surface area contributed by atoms with E-state index >= 15 is 0 Å². The average molecular weight is 683 g/mol. The van der Waals surface area contributed by atoms with Crippen molar-refractivity contribution in [1.82, 2.24) is 28.8 Å². The standard InChI is InChI=1S/C33H49F3N6O2S2/c1-46(43,44)41-21-12-30-28(25-41)32(37-42(30)18-7-15-39-19-10-27(11-20-39)40-16-5-6-17-40)26-8-9-29(33(34,35)36)31(24-26)45-23-22-38-13-3-2-4-14-38/h8-9,24,27H,2-7,10-23,25H2,1H3. The number of fused-ring (bicyclic) bond motifs is 1. The summed E-state index contributed by atoms with van der Waals surface area (Å²) in [5, 5.41) is 4.98. The number of hydrogen-bond donors (Lipinski definition) is 0. The molecule has 0 N–H and O–H groups in total. The Morgan fingerprint density at radius 1 is 0.891 bits per heavy atom. The number of thioether (sulfide) groups is 1. The molecule has 0 bridgehead atoms. The lowest BCUT2D eigenvalue weighted by molar-refractivity contribution is -0.139. The molecule has 0 spiro atoms. The minimum absolute atomic E-state index is 0.186. The molecular weight excluding hydrogens is 634 g/mol. The van der Waals surface area contributed by atoms with Crippen LogP contribution in [-0.2, 0) is 35.7 Å². The van der Waals surface area contributed by atoms with Crippen LogP contribution >= 0.6 is 11.8 Å². The Morgan fingerprint density at radius 2 is 1.59 bits per heavy atom. The summed E-state index contributed by atoms with van der Waals surface area (Å²) >= 11 is 1.25. The van der Waals surface area contributed by atoms with Crippen LogP contribution in [0.5, 0.6) is 0 Å². The first-order chi connectivity index (χ1) is 22.1. The highest BCUT2D eigenvalue weighted by Crippen LogP contribution is 2.40. The van der Waals surface area contributed by atoms with E-state index in [1.54, 1.807) is 6.07 Å². The highest BCUT2D eigenvalue weighted by Gasteiger charge is 2.35. The van der Waals surface area contributed by atoms with Gasteiger partial charge in [0.2, 0.25) is 10.0 Å². The number of hydrogen-bond acceptors (Lipinski definition) is 7. The molecule has 6 rings (SSSR count). The second kappa shape index (κ2) is 14.9. The van der Waals surface area contributed by atoms with E-state index in [1.165, 1.54) is 79.6 Å². The minimum atomic E-state index is -4.46. The monoisotopic (exact) mass is 682 g/mol. The van der Waals surface area contributed by atoms with Gasteiger partial charge in [0.25, 0.3) is 0 Å². The maximum absolute atomic E-state index is 14.1. The van der Waals surface area contributed by atoms with Gasteiger partial charge in [0, 0.05) is 66.1 Å². The molecule has 3 saturated heterocycles. The predicted octanol–water partition coefficient (Wildman–Crippen LogP) is 5.41. The molecule has 0 amide bonds. The average Bonchev–Trinajstić information content (AvgIpc) is 3.70. The normalized spacial score (nSPS) is 21.7. The van der Waals surface area contributed by atoms with Gasteiger partial charge in [-0.3, -0.25) is 4.68 Å². The molecule has 1 aromatic heterocycles. The second-order valence-electron chi connectivity index (χ2n) is 13.5. The first-order valence-electron chi connectivity index (χ1n) is 17.1. The lowest BCUT2D eigenvalue weighted by atomic mass is 10.0. The van der Waals surface area contributed by atoms with Crippen LogP contribution in [-0.4, -0.2) is 114 Å². The molecule has 3 fully saturated rings. The van der Waals surface area contributed by atoms with Crippen molar-refractivity contribution in [2.75, 3.05) is 70.9 Å². The van der Waals surface area contributed by atoms with Crippen molar-refractivity contribution in [1.29, 1.82) is 0 Å². The number of halogens is 3. The topological polar surface area (TPSA) is 64.9 Å². The van der Waals surface area contributed by atoms with Crippen molar-refractivity contribution in [2.45, 2.75) is 88.0 Å². The Balaban J connectivity index is 1.19. The SMILES string of the molecule is CS(=O)(=O)N1CCc2c(c(-c3ccc(C(F)(F)F)c(SCCN4CCCCC4)c3)nn2CCCN2CCC(N3CCCC3)CC2)C1. The maximum Gasteiger partial charge on any atom is 0.417 e. The number of benzene rings is 1. The molecule has 13 heteroatoms. The van der Waals surface area contributed by atoms with Crippen LogP contribution in [0.1, 0.15) is 68.2 Å². The summed E-state index contributed by atoms with van der Waals surface area (Å²) < 4.78 is 70.8. The molecule has 4 aliphatic heterocycles. The van der Waals surface area contributed by atoms with Gasteiger partial charge in [-0.25, -0.2) is 8.42 Å². The molecular formula is C33H49F3N6O2S2. The summed E-state index contributed by atoms with van der Waals surface area (Å²) in [4.78, 5) is 7.74. The zero-order valence-electron chi connectivity index (χ0n) is 27.1. The highest BCUT2D eigenvalue weighted by atomic mass is 32.2. The number of alkyl halides is 3. The number of rotatable bonds is 11. The molecule has 46 heavy (non-hydrogen) atoms. The molecule has 1 aromatic carbocycles. The van der Waals surface area contributed by atoms with Crippen LogP contribution in [0.4, 0.5) is 13.2 Å². The van der Waals surface area contributed by atoms with E-state index in [1.807, 2.05) is 4.68 Å². The Morgan fingerprint density at radius 3 is 2.28 bits per heavy atom. The first-order valence-corrected chi connectivity index (χ1v) is 20.0. The van der Waals surface area contributed by atoms with Crippen molar-refractivity contribution in [3.05, 3.63) is 35.0 Å². The van der Waals surface area contributed by atoms with E-state index in [-0.39, 0.29) is 11.4 Å². The third-order valence-electron chi connectivity index (χ3n) is 10.3. The lowest BCUT2D eigenvalue weighted by Gasteiger charge is -2.36. The van der Waals surface area contributed by atoms with Crippen LogP contribution in [0.3, 0.4) is 0 Å². The highest BCUT2D eigenvalue weighted by molar-refractivity contribution is 7.99. The van der Waals surface area contributed by atoms with Gasteiger partial charge in [0.15, 0.2) is 0 Å². The first kappa shape index (κ1) is 34.2. The van der Waals surface area contributed by atoms with Crippen molar-refractivity contribution in [2.24, 2.45) is 0 Å². The summed E-state index contributed by atoms with van der Waals surface area (Å²) in [6, 6.07) is 5.02. The van der Waals surface area contributed by atoms with Crippen molar-refractivity contribution in [3.8, 4) is 11.3 Å². The molecule has 0 radical (unpaired) electrons.